The highest BCUT2D eigenvalue weighted by Crippen LogP contribution is 1.85. The molecule has 0 heterocycles. The molecule has 0 aromatic heterocycles. The molecule has 0 aliphatic rings. The molecule has 8 heavy (non-hydrogen) atoms. The number of rotatable bonds is 3. The summed E-state index contributed by atoms with van der Waals surface area (Å²) in [5, 5.41) is 8.23. The third-order valence-corrected chi connectivity index (χ3v) is 0.908. The molecule has 4 heteroatoms. The first-order valence-corrected chi connectivity index (χ1v) is 2.41. The average molecular weight is 118 g/mol. The topological polar surface area (TPSA) is 75.3 Å². The van der Waals surface area contributed by atoms with Crippen LogP contribution in [0.25, 0.3) is 0 Å². The molecule has 0 aromatic rings. The van der Waals surface area contributed by atoms with Gasteiger partial charge in [0.1, 0.15) is 6.04 Å². The molecule has 0 saturated heterocycles. The van der Waals surface area contributed by atoms with Gasteiger partial charge in [0, 0.05) is 0 Å². The molecule has 0 bridgehead atoms. The maximum absolute atomic E-state index is 10.0. The van der Waals surface area contributed by atoms with E-state index in [0.717, 1.165) is 0 Å². The van der Waals surface area contributed by atoms with Crippen molar-refractivity contribution in [3.05, 3.63) is 0 Å². The molecule has 0 unspecified atom stereocenters. The van der Waals surface area contributed by atoms with E-state index < -0.39 is 12.0 Å². The van der Waals surface area contributed by atoms with E-state index >= 15 is 0 Å². The summed E-state index contributed by atoms with van der Waals surface area (Å²) in [6.45, 7) is 1.75. The first-order valence-electron chi connectivity index (χ1n) is 2.41. The molecular formula is C4H10N2O2. The summed E-state index contributed by atoms with van der Waals surface area (Å²) in [5.41, 5.74) is 2.15. The minimum atomic E-state index is -0.907. The molecule has 0 spiro atoms. The van der Waals surface area contributed by atoms with Gasteiger partial charge in [0.05, 0.1) is 0 Å². The van der Waals surface area contributed by atoms with Gasteiger partial charge in [-0.3, -0.25) is 10.6 Å². The summed E-state index contributed by atoms with van der Waals surface area (Å²) in [6, 6.07) is -0.602. The van der Waals surface area contributed by atoms with Crippen LogP contribution in [0.3, 0.4) is 0 Å². The number of hydrogen-bond donors (Lipinski definition) is 3. The Morgan fingerprint density at radius 3 is 2.50 bits per heavy atom. The van der Waals surface area contributed by atoms with Crippen LogP contribution in [0, 0.1) is 0 Å². The van der Waals surface area contributed by atoms with Gasteiger partial charge in [-0.25, -0.2) is 5.43 Å². The Kier molecular flexibility index (Phi) is 3.14. The number of nitrogens with two attached hydrogens (primary N) is 1. The summed E-state index contributed by atoms with van der Waals surface area (Å²) >= 11 is 0. The minimum Gasteiger partial charge on any atom is -0.480 e. The van der Waals surface area contributed by atoms with Crippen LogP contribution in [-0.4, -0.2) is 17.1 Å². The van der Waals surface area contributed by atoms with Gasteiger partial charge in [-0.1, -0.05) is 6.92 Å². The molecule has 0 saturated carbocycles. The molecule has 0 radical (unpaired) electrons. The maximum atomic E-state index is 10.0. The van der Waals surface area contributed by atoms with Gasteiger partial charge in [0.15, 0.2) is 0 Å². The van der Waals surface area contributed by atoms with Crippen molar-refractivity contribution in [2.45, 2.75) is 19.4 Å². The maximum Gasteiger partial charge on any atom is 0.322 e. The molecule has 1 atom stereocenters. The molecular weight excluding hydrogens is 108 g/mol. The number of carboxylic acid groups (broad SMARTS) is 1. The minimum absolute atomic E-state index is 0.506. The Balaban J connectivity index is 3.52. The zero-order chi connectivity index (χ0) is 6.57. The quantitative estimate of drug-likeness (QED) is 0.339. The van der Waals surface area contributed by atoms with Gasteiger partial charge >= 0.3 is 5.97 Å². The van der Waals surface area contributed by atoms with E-state index in [-0.39, 0.29) is 0 Å². The van der Waals surface area contributed by atoms with Gasteiger partial charge < -0.3 is 5.11 Å². The monoisotopic (exact) mass is 118 g/mol. The number of carboxylic acids is 1. The van der Waals surface area contributed by atoms with E-state index in [1.165, 1.54) is 0 Å². The van der Waals surface area contributed by atoms with Gasteiger partial charge in [0.25, 0.3) is 0 Å². The third kappa shape index (κ3) is 1.90. The zero-order valence-corrected chi connectivity index (χ0v) is 4.72. The van der Waals surface area contributed by atoms with Crippen molar-refractivity contribution in [2.24, 2.45) is 5.84 Å². The van der Waals surface area contributed by atoms with E-state index in [1.54, 1.807) is 6.92 Å². The third-order valence-electron chi connectivity index (χ3n) is 0.908. The van der Waals surface area contributed by atoms with Crippen LogP contribution in [0.15, 0.2) is 0 Å². The smallest absolute Gasteiger partial charge is 0.322 e. The van der Waals surface area contributed by atoms with E-state index in [4.69, 9.17) is 10.9 Å². The number of hydrogen-bond acceptors (Lipinski definition) is 3. The lowest BCUT2D eigenvalue weighted by Crippen LogP contribution is -2.40. The van der Waals surface area contributed by atoms with Crippen molar-refractivity contribution in [3.63, 3.8) is 0 Å². The second-order valence-electron chi connectivity index (χ2n) is 1.47. The first-order chi connectivity index (χ1) is 3.72. The lowest BCUT2D eigenvalue weighted by Gasteiger charge is -2.04. The van der Waals surface area contributed by atoms with Crippen molar-refractivity contribution in [2.75, 3.05) is 0 Å². The lowest BCUT2D eigenvalue weighted by atomic mass is 10.2. The largest absolute Gasteiger partial charge is 0.480 e. The Labute approximate surface area is 47.6 Å². The first kappa shape index (κ1) is 7.39. The summed E-state index contributed by atoms with van der Waals surface area (Å²) in [7, 11) is 0. The van der Waals surface area contributed by atoms with Crippen molar-refractivity contribution >= 4 is 5.97 Å². The van der Waals surface area contributed by atoms with Gasteiger partial charge in [0.2, 0.25) is 0 Å². The molecule has 4 nitrogen and oxygen atoms in total. The van der Waals surface area contributed by atoms with Crippen molar-refractivity contribution in [1.82, 2.24) is 5.43 Å². The summed E-state index contributed by atoms with van der Waals surface area (Å²) in [4.78, 5) is 10.0. The summed E-state index contributed by atoms with van der Waals surface area (Å²) in [6.07, 6.45) is 0.506. The highest BCUT2D eigenvalue weighted by Gasteiger charge is 2.10. The van der Waals surface area contributed by atoms with Crippen LogP contribution in [0.2, 0.25) is 0 Å². The van der Waals surface area contributed by atoms with Crippen LogP contribution < -0.4 is 11.3 Å². The average Bonchev–Trinajstić information content (AvgIpc) is 1.69. The van der Waals surface area contributed by atoms with Crippen LogP contribution in [0.5, 0.6) is 0 Å². The number of aliphatic carboxylic acids is 1. The highest BCUT2D eigenvalue weighted by atomic mass is 16.4. The van der Waals surface area contributed by atoms with E-state index in [1.807, 2.05) is 0 Å². The predicted molar refractivity (Wildman–Crippen MR) is 29.0 cm³/mol. The molecule has 0 aliphatic carbocycles. The summed E-state index contributed by atoms with van der Waals surface area (Å²) in [5.74, 6) is 3.95. The van der Waals surface area contributed by atoms with Crippen LogP contribution in [0.4, 0.5) is 0 Å². The lowest BCUT2D eigenvalue weighted by molar-refractivity contribution is -0.139. The Morgan fingerprint density at radius 1 is 2.00 bits per heavy atom. The zero-order valence-electron chi connectivity index (χ0n) is 4.72. The molecule has 0 fully saturated rings. The number of carbonyl (C=O) groups is 1. The fourth-order valence-electron chi connectivity index (χ4n) is 0.364. The molecule has 48 valence electrons. The molecule has 0 rings (SSSR count). The van der Waals surface area contributed by atoms with Crippen molar-refractivity contribution in [3.8, 4) is 0 Å². The summed E-state index contributed by atoms with van der Waals surface area (Å²) < 4.78 is 0. The molecule has 0 aromatic carbocycles. The van der Waals surface area contributed by atoms with Crippen LogP contribution in [0.1, 0.15) is 13.3 Å². The second-order valence-corrected chi connectivity index (χ2v) is 1.47. The Morgan fingerprint density at radius 2 is 2.50 bits per heavy atom. The predicted octanol–water partition coefficient (Wildman–Crippen LogP) is -0.687. The van der Waals surface area contributed by atoms with Gasteiger partial charge in [-0.2, -0.15) is 0 Å². The standard InChI is InChI=1S/C4H10N2O2/c1-2-3(6-5)4(7)8/h3,6H,2,5H2,1H3,(H,7,8)/t3-/m0/s1. The Bertz CT molecular complexity index is 80.1. The van der Waals surface area contributed by atoms with E-state index in [9.17, 15) is 4.79 Å². The fraction of sp³-hybridized carbons (Fsp3) is 0.750. The van der Waals surface area contributed by atoms with Crippen molar-refractivity contribution < 1.29 is 9.90 Å². The van der Waals surface area contributed by atoms with E-state index in [2.05, 4.69) is 5.43 Å². The van der Waals surface area contributed by atoms with Gasteiger partial charge in [-0.15, -0.1) is 0 Å². The Hall–Kier alpha value is -0.610. The van der Waals surface area contributed by atoms with E-state index in [0.29, 0.717) is 6.42 Å². The fourth-order valence-corrected chi connectivity index (χ4v) is 0.364. The molecule has 0 amide bonds. The normalized spacial score (nSPS) is 13.2. The number of nitrogens with one attached hydrogen (secondary N) is 1. The van der Waals surface area contributed by atoms with Crippen molar-refractivity contribution in [1.29, 1.82) is 0 Å². The second kappa shape index (κ2) is 3.40. The van der Waals surface area contributed by atoms with Crippen LogP contribution >= 0.6 is 0 Å². The van der Waals surface area contributed by atoms with Gasteiger partial charge in [-0.05, 0) is 6.42 Å². The number of hydrazine groups is 1. The van der Waals surface area contributed by atoms with Crippen LogP contribution in [-0.2, 0) is 4.79 Å². The SMILES string of the molecule is CC[C@H](NN)C(=O)O. The molecule has 0 aliphatic heterocycles. The highest BCUT2D eigenvalue weighted by molar-refractivity contribution is 5.73. The molecule has 4 N–H and O–H groups in total.